The van der Waals surface area contributed by atoms with Crippen molar-refractivity contribution in [3.63, 3.8) is 0 Å². The molecule has 1 amide bonds. The lowest BCUT2D eigenvalue weighted by molar-refractivity contribution is -0.385. The van der Waals surface area contributed by atoms with Gasteiger partial charge in [-0.2, -0.15) is 0 Å². The molecule has 1 aliphatic carbocycles. The van der Waals surface area contributed by atoms with Crippen LogP contribution in [0.2, 0.25) is 0 Å². The van der Waals surface area contributed by atoms with Crippen LogP contribution in [0.15, 0.2) is 42.5 Å². The van der Waals surface area contributed by atoms with E-state index in [0.717, 1.165) is 18.4 Å². The number of anilines is 1. The Kier molecular flexibility index (Phi) is 3.36. The minimum atomic E-state index is -0.487. The number of nitrogens with zero attached hydrogens (tertiary/aromatic N) is 2. The highest BCUT2D eigenvalue weighted by molar-refractivity contribution is 6.00. The van der Waals surface area contributed by atoms with Gasteiger partial charge in [-0.25, -0.2) is 4.98 Å². The zero-order valence-corrected chi connectivity index (χ0v) is 12.1. The van der Waals surface area contributed by atoms with E-state index in [9.17, 15) is 14.9 Å². The minimum absolute atomic E-state index is 0.0535. The molecular formula is C16H15N3O3. The zero-order chi connectivity index (χ0) is 15.7. The molecule has 1 saturated carbocycles. The van der Waals surface area contributed by atoms with E-state index in [4.69, 9.17) is 0 Å². The second-order valence-corrected chi connectivity index (χ2v) is 5.46. The van der Waals surface area contributed by atoms with Crippen LogP contribution in [0.1, 0.15) is 24.1 Å². The second-order valence-electron chi connectivity index (χ2n) is 5.46. The summed E-state index contributed by atoms with van der Waals surface area (Å²) in [6.07, 6.45) is 1.60. The Morgan fingerprint density at radius 1 is 1.23 bits per heavy atom. The van der Waals surface area contributed by atoms with Crippen molar-refractivity contribution in [2.75, 3.05) is 5.32 Å². The molecule has 6 nitrogen and oxygen atoms in total. The predicted octanol–water partition coefficient (Wildman–Crippen LogP) is 2.97. The molecule has 0 bridgehead atoms. The molecule has 1 N–H and O–H groups in total. The van der Waals surface area contributed by atoms with E-state index in [0.29, 0.717) is 5.82 Å². The maximum Gasteiger partial charge on any atom is 0.290 e. The molecule has 2 aromatic rings. The number of carbonyl (C=O) groups excluding carboxylic acids is 1. The first-order valence-electron chi connectivity index (χ1n) is 7.02. The zero-order valence-electron chi connectivity index (χ0n) is 12.1. The molecule has 0 spiro atoms. The summed E-state index contributed by atoms with van der Waals surface area (Å²) in [4.78, 5) is 26.9. The van der Waals surface area contributed by atoms with Crippen LogP contribution >= 0.6 is 0 Å². The molecule has 22 heavy (non-hydrogen) atoms. The van der Waals surface area contributed by atoms with Crippen LogP contribution in [0.25, 0.3) is 0 Å². The molecule has 0 aliphatic heterocycles. The first-order valence-corrected chi connectivity index (χ1v) is 7.02. The van der Waals surface area contributed by atoms with E-state index in [1.54, 1.807) is 6.92 Å². The number of aromatic nitrogens is 1. The van der Waals surface area contributed by atoms with Crippen LogP contribution in [0.3, 0.4) is 0 Å². The van der Waals surface area contributed by atoms with E-state index < -0.39 is 10.3 Å². The van der Waals surface area contributed by atoms with Crippen LogP contribution in [0, 0.1) is 17.0 Å². The Morgan fingerprint density at radius 2 is 1.91 bits per heavy atom. The molecule has 0 atom stereocenters. The number of nitro groups is 1. The number of aryl methyl sites for hydroxylation is 1. The lowest BCUT2D eigenvalue weighted by Crippen LogP contribution is -2.28. The van der Waals surface area contributed by atoms with Crippen molar-refractivity contribution >= 4 is 17.4 Å². The van der Waals surface area contributed by atoms with Crippen molar-refractivity contribution in [2.24, 2.45) is 0 Å². The molecule has 0 saturated heterocycles. The average Bonchev–Trinajstić information content (AvgIpc) is 3.29. The highest BCUT2D eigenvalue weighted by Crippen LogP contribution is 2.48. The first kappa shape index (κ1) is 14.2. The van der Waals surface area contributed by atoms with Crippen molar-refractivity contribution in [1.29, 1.82) is 0 Å². The van der Waals surface area contributed by atoms with E-state index >= 15 is 0 Å². The van der Waals surface area contributed by atoms with Gasteiger partial charge in [-0.1, -0.05) is 30.3 Å². The highest BCUT2D eigenvalue weighted by Gasteiger charge is 2.51. The summed E-state index contributed by atoms with van der Waals surface area (Å²) in [5.74, 6) is 0.231. The summed E-state index contributed by atoms with van der Waals surface area (Å²) in [5.41, 5.74) is 0.735. The summed E-state index contributed by atoms with van der Waals surface area (Å²) >= 11 is 0. The Balaban J connectivity index is 1.81. The summed E-state index contributed by atoms with van der Waals surface area (Å²) in [6, 6.07) is 12.5. The van der Waals surface area contributed by atoms with Gasteiger partial charge in [0, 0.05) is 6.07 Å². The molecule has 1 aliphatic rings. The van der Waals surface area contributed by atoms with E-state index in [1.807, 2.05) is 30.3 Å². The van der Waals surface area contributed by atoms with Gasteiger partial charge in [0.1, 0.15) is 11.5 Å². The van der Waals surface area contributed by atoms with Gasteiger partial charge in [0.15, 0.2) is 0 Å². The third-order valence-corrected chi connectivity index (χ3v) is 4.01. The number of rotatable bonds is 4. The van der Waals surface area contributed by atoms with Crippen LogP contribution < -0.4 is 5.32 Å². The maximum absolute atomic E-state index is 12.5. The Labute approximate surface area is 127 Å². The average molecular weight is 297 g/mol. The number of carbonyl (C=O) groups is 1. The van der Waals surface area contributed by atoms with Crippen molar-refractivity contribution in [3.05, 3.63) is 63.8 Å². The van der Waals surface area contributed by atoms with Gasteiger partial charge >= 0.3 is 0 Å². The number of amides is 1. The van der Waals surface area contributed by atoms with Crippen LogP contribution in [-0.2, 0) is 10.2 Å². The third kappa shape index (κ3) is 2.43. The van der Waals surface area contributed by atoms with Gasteiger partial charge in [-0.3, -0.25) is 14.9 Å². The fraction of sp³-hybridized carbons (Fsp3) is 0.250. The van der Waals surface area contributed by atoms with Gasteiger partial charge in [0.2, 0.25) is 5.91 Å². The van der Waals surface area contributed by atoms with Crippen molar-refractivity contribution < 1.29 is 9.72 Å². The molecule has 112 valence electrons. The summed E-state index contributed by atoms with van der Waals surface area (Å²) < 4.78 is 0. The van der Waals surface area contributed by atoms with Crippen molar-refractivity contribution in [3.8, 4) is 0 Å². The first-order chi connectivity index (χ1) is 10.5. The molecule has 1 aromatic heterocycles. The Bertz CT molecular complexity index is 740. The molecule has 3 rings (SSSR count). The van der Waals surface area contributed by atoms with Crippen LogP contribution in [-0.4, -0.2) is 15.8 Å². The molecule has 1 heterocycles. The van der Waals surface area contributed by atoms with Gasteiger partial charge < -0.3 is 5.32 Å². The number of hydrogen-bond donors (Lipinski definition) is 1. The minimum Gasteiger partial charge on any atom is -0.310 e. The molecule has 0 radical (unpaired) electrons. The number of nitrogens with one attached hydrogen (secondary N) is 1. The Morgan fingerprint density at radius 3 is 2.45 bits per heavy atom. The summed E-state index contributed by atoms with van der Waals surface area (Å²) in [6.45, 7) is 1.55. The predicted molar refractivity (Wildman–Crippen MR) is 81.6 cm³/mol. The van der Waals surface area contributed by atoms with Gasteiger partial charge in [-0.15, -0.1) is 0 Å². The largest absolute Gasteiger partial charge is 0.310 e. The quantitative estimate of drug-likeness (QED) is 0.694. The Hall–Kier alpha value is -2.76. The molecule has 6 heteroatoms. The number of hydrogen-bond acceptors (Lipinski definition) is 4. The SMILES string of the molecule is Cc1nc(NC(=O)C2(c3ccccc3)CC2)ccc1[N+](=O)[O-]. The molecule has 0 unspecified atom stereocenters. The van der Waals surface area contributed by atoms with Crippen molar-refractivity contribution in [2.45, 2.75) is 25.2 Å². The topological polar surface area (TPSA) is 85.1 Å². The summed E-state index contributed by atoms with van der Waals surface area (Å²) in [7, 11) is 0. The summed E-state index contributed by atoms with van der Waals surface area (Å²) in [5, 5.41) is 13.6. The van der Waals surface area contributed by atoms with Gasteiger partial charge in [0.25, 0.3) is 5.69 Å². The lowest BCUT2D eigenvalue weighted by atomic mass is 9.95. The maximum atomic E-state index is 12.5. The monoisotopic (exact) mass is 297 g/mol. The normalized spacial score (nSPS) is 15.1. The standard InChI is InChI=1S/C16H15N3O3/c1-11-13(19(21)22)7-8-14(17-11)18-15(20)16(9-10-16)12-5-3-2-4-6-12/h2-8H,9-10H2,1H3,(H,17,18,20). The van der Waals surface area contributed by atoms with E-state index in [-0.39, 0.29) is 17.3 Å². The number of benzene rings is 1. The van der Waals surface area contributed by atoms with Crippen molar-refractivity contribution in [1.82, 2.24) is 4.98 Å². The second kappa shape index (κ2) is 5.22. The van der Waals surface area contributed by atoms with Crippen LogP contribution in [0.5, 0.6) is 0 Å². The highest BCUT2D eigenvalue weighted by atomic mass is 16.6. The number of pyridine rings is 1. The smallest absolute Gasteiger partial charge is 0.290 e. The van der Waals surface area contributed by atoms with E-state index in [2.05, 4.69) is 10.3 Å². The van der Waals surface area contributed by atoms with Gasteiger partial charge in [0.05, 0.1) is 10.3 Å². The van der Waals surface area contributed by atoms with Crippen LogP contribution in [0.4, 0.5) is 11.5 Å². The molecule has 1 aromatic carbocycles. The van der Waals surface area contributed by atoms with E-state index in [1.165, 1.54) is 12.1 Å². The molecule has 1 fully saturated rings. The third-order valence-electron chi connectivity index (χ3n) is 4.01. The fourth-order valence-electron chi connectivity index (χ4n) is 2.58. The van der Waals surface area contributed by atoms with Gasteiger partial charge in [-0.05, 0) is 31.4 Å². The fourth-order valence-corrected chi connectivity index (χ4v) is 2.58. The lowest BCUT2D eigenvalue weighted by Gasteiger charge is -2.15. The molecular weight excluding hydrogens is 282 g/mol.